The van der Waals surface area contributed by atoms with E-state index in [4.69, 9.17) is 18.7 Å². The van der Waals surface area contributed by atoms with Gasteiger partial charge in [-0.15, -0.1) is 0 Å². The normalized spacial score (nSPS) is 19.2. The number of carbonyl (C=O) groups is 3. The second kappa shape index (κ2) is 12.8. The molecule has 2 aliphatic rings. The number of piperidine rings is 1. The Morgan fingerprint density at radius 1 is 1.07 bits per heavy atom. The van der Waals surface area contributed by atoms with Crippen molar-refractivity contribution in [3.05, 3.63) is 83.6 Å². The third kappa shape index (κ3) is 6.52. The zero-order chi connectivity index (χ0) is 30.6. The molecule has 228 valence electrons. The van der Waals surface area contributed by atoms with Crippen LogP contribution in [0, 0.1) is 0 Å². The van der Waals surface area contributed by atoms with Crippen molar-refractivity contribution in [1.82, 2.24) is 20.3 Å². The lowest BCUT2D eigenvalue weighted by Gasteiger charge is -2.39. The Balaban J connectivity index is 1.23. The summed E-state index contributed by atoms with van der Waals surface area (Å²) in [5.41, 5.74) is 2.42. The minimum atomic E-state index is -0.488. The van der Waals surface area contributed by atoms with Crippen molar-refractivity contribution in [3.63, 3.8) is 0 Å². The largest absolute Gasteiger partial charge is 0.494 e. The van der Waals surface area contributed by atoms with Gasteiger partial charge in [0, 0.05) is 37.2 Å². The second-order valence-electron chi connectivity index (χ2n) is 11.0. The molecule has 2 aliphatic heterocycles. The first kappa shape index (κ1) is 29.2. The molecular formula is C33H34N4O7. The Morgan fingerprint density at radius 3 is 2.80 bits per heavy atom. The number of benzene rings is 3. The molecule has 11 nitrogen and oxygen atoms in total. The van der Waals surface area contributed by atoms with Crippen molar-refractivity contribution in [2.24, 2.45) is 0 Å². The molecule has 0 saturated carbocycles. The fourth-order valence-corrected chi connectivity index (χ4v) is 5.62. The number of para-hydroxylation sites is 1. The van der Waals surface area contributed by atoms with E-state index in [1.165, 1.54) is 4.90 Å². The van der Waals surface area contributed by atoms with Crippen LogP contribution in [0.25, 0.3) is 11.0 Å². The number of nitrogens with one attached hydrogen (secondary N) is 1. The Hall–Kier alpha value is -4.90. The average Bonchev–Trinajstić information content (AvgIpc) is 3.42. The quantitative estimate of drug-likeness (QED) is 0.375. The maximum absolute atomic E-state index is 13.4. The molecular weight excluding hydrogens is 564 g/mol. The molecule has 0 spiro atoms. The van der Waals surface area contributed by atoms with E-state index in [2.05, 4.69) is 10.5 Å². The molecule has 3 aromatic carbocycles. The maximum atomic E-state index is 13.4. The van der Waals surface area contributed by atoms with Gasteiger partial charge in [-0.25, -0.2) is 0 Å². The van der Waals surface area contributed by atoms with Gasteiger partial charge >= 0.3 is 0 Å². The number of fused-ring (bicyclic) bond motifs is 6. The van der Waals surface area contributed by atoms with Crippen LogP contribution >= 0.6 is 0 Å². The standard InChI is InChI=1S/C33H34N4O7/c1-3-41-24-14-22-15-25(16-24)43-23-8-6-7-21(13-23)20-42-30-11-12-37(18-28(30)34-31(38)19-36(2)33(22)40)32(39)17-27-26-9-4-5-10-29(26)44-35-27/h4-10,13-16,28,30H,3,11-12,17-20H2,1-2H3,(H,34,38)/t28-,30+/m0/s1. The predicted octanol–water partition coefficient (Wildman–Crippen LogP) is 3.95. The van der Waals surface area contributed by atoms with E-state index in [0.29, 0.717) is 53.7 Å². The molecule has 3 amide bonds. The Bertz CT molecular complexity index is 1690. The van der Waals surface area contributed by atoms with Crippen LogP contribution in [0.1, 0.15) is 35.0 Å². The molecule has 44 heavy (non-hydrogen) atoms. The topological polar surface area (TPSA) is 123 Å². The van der Waals surface area contributed by atoms with Crippen molar-refractivity contribution < 1.29 is 33.1 Å². The van der Waals surface area contributed by atoms with Gasteiger partial charge in [-0.2, -0.15) is 0 Å². The van der Waals surface area contributed by atoms with Gasteiger partial charge in [-0.3, -0.25) is 14.4 Å². The van der Waals surface area contributed by atoms with Crippen LogP contribution < -0.4 is 14.8 Å². The summed E-state index contributed by atoms with van der Waals surface area (Å²) in [6.07, 6.45) is 0.248. The first-order valence-electron chi connectivity index (χ1n) is 14.7. The highest BCUT2D eigenvalue weighted by Gasteiger charge is 2.34. The number of aromatic nitrogens is 1. The molecule has 4 bridgehead atoms. The van der Waals surface area contributed by atoms with Gasteiger partial charge in [0.05, 0.1) is 38.3 Å². The molecule has 0 aliphatic carbocycles. The fourth-order valence-electron chi connectivity index (χ4n) is 5.62. The second-order valence-corrected chi connectivity index (χ2v) is 11.0. The number of hydrogen-bond donors (Lipinski definition) is 1. The summed E-state index contributed by atoms with van der Waals surface area (Å²) in [4.78, 5) is 43.1. The van der Waals surface area contributed by atoms with Crippen LogP contribution in [0.15, 0.2) is 71.3 Å². The highest BCUT2D eigenvalue weighted by Crippen LogP contribution is 2.29. The lowest BCUT2D eigenvalue weighted by Crippen LogP contribution is -2.58. The lowest BCUT2D eigenvalue weighted by molar-refractivity contribution is -0.136. The van der Waals surface area contributed by atoms with Crippen LogP contribution in [-0.4, -0.2) is 78.1 Å². The van der Waals surface area contributed by atoms with Crippen molar-refractivity contribution in [2.75, 3.05) is 33.3 Å². The zero-order valence-corrected chi connectivity index (χ0v) is 24.7. The number of amides is 3. The predicted molar refractivity (Wildman–Crippen MR) is 161 cm³/mol. The van der Waals surface area contributed by atoms with E-state index >= 15 is 0 Å². The smallest absolute Gasteiger partial charge is 0.254 e. The third-order valence-electron chi connectivity index (χ3n) is 7.78. The van der Waals surface area contributed by atoms with Gasteiger partial charge in [0.2, 0.25) is 11.8 Å². The number of likely N-dealkylation sites (tertiary alicyclic amines) is 1. The Labute approximate surface area is 254 Å². The molecule has 4 aromatic rings. The summed E-state index contributed by atoms with van der Waals surface area (Å²) < 4.78 is 23.5. The summed E-state index contributed by atoms with van der Waals surface area (Å²) in [6, 6.07) is 19.4. The van der Waals surface area contributed by atoms with Gasteiger partial charge in [-0.05, 0) is 55.3 Å². The van der Waals surface area contributed by atoms with Crippen molar-refractivity contribution in [1.29, 1.82) is 0 Å². The minimum absolute atomic E-state index is 0.0794. The summed E-state index contributed by atoms with van der Waals surface area (Å²) in [5.74, 6) is 0.678. The highest BCUT2D eigenvalue weighted by molar-refractivity contribution is 5.97. The summed E-state index contributed by atoms with van der Waals surface area (Å²) in [7, 11) is 1.56. The summed E-state index contributed by atoms with van der Waals surface area (Å²) in [6.45, 7) is 3.09. The Kier molecular flexibility index (Phi) is 8.47. The van der Waals surface area contributed by atoms with Gasteiger partial charge in [0.15, 0.2) is 5.58 Å². The van der Waals surface area contributed by atoms with Crippen molar-refractivity contribution >= 4 is 28.7 Å². The number of hydrogen-bond acceptors (Lipinski definition) is 8. The number of carbonyl (C=O) groups excluding carboxylic acids is 3. The minimum Gasteiger partial charge on any atom is -0.494 e. The molecule has 1 N–H and O–H groups in total. The Morgan fingerprint density at radius 2 is 1.93 bits per heavy atom. The van der Waals surface area contributed by atoms with E-state index in [0.717, 1.165) is 10.9 Å². The summed E-state index contributed by atoms with van der Waals surface area (Å²) >= 11 is 0. The molecule has 6 rings (SSSR count). The van der Waals surface area contributed by atoms with E-state index in [-0.39, 0.29) is 49.9 Å². The van der Waals surface area contributed by atoms with Crippen LogP contribution in [0.2, 0.25) is 0 Å². The maximum Gasteiger partial charge on any atom is 0.254 e. The van der Waals surface area contributed by atoms with Crippen LogP contribution in [0.4, 0.5) is 0 Å². The lowest BCUT2D eigenvalue weighted by atomic mass is 10.0. The SMILES string of the molecule is CCOc1cc2cc(c1)C(=O)N(C)CC(=O)N[C@H]1CN(C(=O)Cc3noc4ccccc34)CC[C@H]1OCc1cccc(c1)O2. The van der Waals surface area contributed by atoms with E-state index in [1.54, 1.807) is 30.1 Å². The molecule has 1 aromatic heterocycles. The molecule has 0 radical (unpaired) electrons. The van der Waals surface area contributed by atoms with E-state index < -0.39 is 6.04 Å². The van der Waals surface area contributed by atoms with Gasteiger partial charge < -0.3 is 33.9 Å². The van der Waals surface area contributed by atoms with Crippen molar-refractivity contribution in [2.45, 2.75) is 38.5 Å². The molecule has 2 atom stereocenters. The van der Waals surface area contributed by atoms with Gasteiger partial charge in [0.25, 0.3) is 5.91 Å². The van der Waals surface area contributed by atoms with E-state index in [1.807, 2.05) is 55.5 Å². The number of nitrogens with zero attached hydrogens (tertiary/aromatic N) is 3. The first-order chi connectivity index (χ1) is 21.4. The van der Waals surface area contributed by atoms with E-state index in [9.17, 15) is 14.4 Å². The zero-order valence-electron chi connectivity index (χ0n) is 24.7. The molecule has 3 heterocycles. The van der Waals surface area contributed by atoms with Crippen molar-refractivity contribution in [3.8, 4) is 17.2 Å². The highest BCUT2D eigenvalue weighted by atomic mass is 16.5. The van der Waals surface area contributed by atoms with Crippen LogP contribution in [0.3, 0.4) is 0 Å². The van der Waals surface area contributed by atoms with Crippen LogP contribution in [0.5, 0.6) is 17.2 Å². The molecule has 0 unspecified atom stereocenters. The monoisotopic (exact) mass is 598 g/mol. The number of likely N-dealkylation sites (N-methyl/N-ethyl adjacent to an activating group) is 1. The van der Waals surface area contributed by atoms with Crippen LogP contribution in [-0.2, 0) is 27.4 Å². The average molecular weight is 599 g/mol. The number of ether oxygens (including phenoxy) is 3. The fraction of sp³-hybridized carbons (Fsp3) is 0.333. The first-order valence-corrected chi connectivity index (χ1v) is 14.7. The molecule has 11 heteroatoms. The summed E-state index contributed by atoms with van der Waals surface area (Å²) in [5, 5.41) is 7.94. The number of rotatable bonds is 4. The molecule has 1 fully saturated rings. The van der Waals surface area contributed by atoms with Gasteiger partial charge in [-0.1, -0.05) is 29.4 Å². The van der Waals surface area contributed by atoms with Gasteiger partial charge in [0.1, 0.15) is 22.9 Å². The molecule has 1 saturated heterocycles. The third-order valence-corrected chi connectivity index (χ3v) is 7.78.